The van der Waals surface area contributed by atoms with Crippen LogP contribution < -0.4 is 37.2 Å². The molecule has 0 radical (unpaired) electrons. The van der Waals surface area contributed by atoms with Gasteiger partial charge in [-0.1, -0.05) is 129 Å². The summed E-state index contributed by atoms with van der Waals surface area (Å²) in [5.41, 5.74) is 0. The minimum Gasteiger partial charge on any atom is -1.00 e. The molecule has 0 amide bonds. The molecule has 0 aliphatic carbocycles. The van der Waals surface area contributed by atoms with Gasteiger partial charge in [-0.15, -0.1) is 40.0 Å². The maximum atomic E-state index is 4.76. The summed E-state index contributed by atoms with van der Waals surface area (Å²) in [6.07, 6.45) is 0. The molecule has 7 rings (SSSR count). The Hall–Kier alpha value is -1.61. The summed E-state index contributed by atoms with van der Waals surface area (Å²) in [5.74, 6) is 0. The molecule has 36 heavy (non-hydrogen) atoms. The molecule has 0 aromatic heterocycles. The molecule has 0 aliphatic heterocycles. The van der Waals surface area contributed by atoms with Gasteiger partial charge in [0.25, 0.3) is 0 Å². The zero-order valence-corrected chi connectivity index (χ0v) is 24.3. The second-order valence-electron chi connectivity index (χ2n) is 8.01. The molecule has 0 atom stereocenters. The van der Waals surface area contributed by atoms with E-state index in [1.807, 2.05) is 0 Å². The number of hydrogen-bond donors (Lipinski definition) is 0. The summed E-state index contributed by atoms with van der Waals surface area (Å²) in [4.78, 5) is 0. The van der Waals surface area contributed by atoms with Crippen molar-refractivity contribution in [3.63, 3.8) is 0 Å². The topological polar surface area (TPSA) is 0 Å². The van der Waals surface area contributed by atoms with Crippen molar-refractivity contribution in [2.24, 2.45) is 0 Å². The zero-order valence-electron chi connectivity index (χ0n) is 18.9. The van der Waals surface area contributed by atoms with Crippen LogP contribution >= 0.6 is 23.2 Å². The fourth-order valence-corrected chi connectivity index (χ4v) is 5.32. The van der Waals surface area contributed by atoms with Crippen LogP contribution in [0.15, 0.2) is 103 Å². The van der Waals surface area contributed by atoms with Gasteiger partial charge in [0.05, 0.1) is 5.34 Å². The number of hydrogen-bond acceptors (Lipinski definition) is 0. The second kappa shape index (κ2) is 12.8. The predicted octanol–water partition coefficient (Wildman–Crippen LogP) is 0.756. The number of rotatable bonds is 0. The Labute approximate surface area is 253 Å². The Balaban J connectivity index is 0.000000624. The van der Waals surface area contributed by atoms with Gasteiger partial charge in [0.15, 0.2) is 0 Å². The molecule has 0 N–H and O–H groups in total. The average molecular weight is 605 g/mol. The smallest absolute Gasteiger partial charge is 1.00 e. The molecule has 0 heterocycles. The molecule has 0 saturated heterocycles. The third kappa shape index (κ3) is 4.70. The van der Waals surface area contributed by atoms with Gasteiger partial charge in [-0.2, -0.15) is 0 Å². The van der Waals surface area contributed by atoms with Crippen molar-refractivity contribution >= 4 is 87.8 Å². The van der Waals surface area contributed by atoms with E-state index in [0.29, 0.717) is 0 Å². The summed E-state index contributed by atoms with van der Waals surface area (Å²) in [7, 11) is 0. The van der Waals surface area contributed by atoms with Gasteiger partial charge < -0.3 is 37.2 Å². The second-order valence-corrected chi connectivity index (χ2v) is 8.81. The summed E-state index contributed by atoms with van der Waals surface area (Å²) < 4.78 is 0. The van der Waals surface area contributed by atoms with E-state index in [1.54, 1.807) is 0 Å². The van der Waals surface area contributed by atoms with E-state index in [1.165, 1.54) is 64.6 Å². The minimum absolute atomic E-state index is 0. The fourth-order valence-electron chi connectivity index (χ4n) is 5.32. The summed E-state index contributed by atoms with van der Waals surface area (Å²) >= 11 is 9.53. The van der Waals surface area contributed by atoms with E-state index in [-0.39, 0.29) is 64.3 Å². The van der Waals surface area contributed by atoms with Crippen LogP contribution in [0.4, 0.5) is 0 Å². The minimum atomic E-state index is 0. The average Bonchev–Trinajstić information content (AvgIpc) is 3.27. The van der Waals surface area contributed by atoms with Crippen molar-refractivity contribution in [1.82, 2.24) is 0 Å². The van der Waals surface area contributed by atoms with Crippen LogP contribution in [0.1, 0.15) is 0 Å². The molecular formula is C30H19Cl5Ti. The van der Waals surface area contributed by atoms with Crippen molar-refractivity contribution in [2.45, 2.75) is 0 Å². The third-order valence-electron chi connectivity index (χ3n) is 6.48. The van der Waals surface area contributed by atoms with Gasteiger partial charge in [-0.3, -0.25) is 0 Å². The van der Waals surface area contributed by atoms with Crippen LogP contribution in [0.25, 0.3) is 64.6 Å². The summed E-state index contributed by atoms with van der Waals surface area (Å²) in [5, 5.41) is 16.4. The Morgan fingerprint density at radius 1 is 0.417 bits per heavy atom. The van der Waals surface area contributed by atoms with Crippen molar-refractivity contribution < 1.29 is 58.9 Å². The molecular weight excluding hydrogens is 585 g/mol. The first-order chi connectivity index (χ1) is 15.8. The maximum absolute atomic E-state index is 4.76. The molecule has 0 fully saturated rings. The van der Waals surface area contributed by atoms with Crippen LogP contribution in [0.2, 0.25) is 0 Å². The van der Waals surface area contributed by atoms with Crippen LogP contribution in [-0.2, 0) is 21.7 Å². The van der Waals surface area contributed by atoms with Crippen molar-refractivity contribution in [3.8, 4) is 0 Å². The van der Waals surface area contributed by atoms with Crippen LogP contribution in [0.3, 0.4) is 0 Å². The van der Waals surface area contributed by atoms with Crippen molar-refractivity contribution in [2.75, 3.05) is 5.34 Å². The molecule has 178 valence electrons. The number of alkyl halides is 2. The van der Waals surface area contributed by atoms with E-state index >= 15 is 0 Å². The predicted molar refractivity (Wildman–Crippen MR) is 144 cm³/mol. The monoisotopic (exact) mass is 602 g/mol. The first kappa shape index (κ1) is 30.6. The standard InChI is InChI=1S/C29H17.CH2Cl2.3ClH.Ti/c1-3-13-22-18(9-1)20-11-5-7-15-24(20)28-26(22)17-27-23-14-4-2-10-19(23)21-12-6-8-16-25(21)29(27)28;2-1-3;;;;/h1-17H;1H2;3*1H;/q-1;;;;;+4/p-3. The first-order valence-electron chi connectivity index (χ1n) is 10.7. The molecule has 0 nitrogen and oxygen atoms in total. The van der Waals surface area contributed by atoms with E-state index in [2.05, 4.69) is 103 Å². The van der Waals surface area contributed by atoms with Crippen molar-refractivity contribution in [3.05, 3.63) is 103 Å². The molecule has 0 spiro atoms. The number of fused-ring (bicyclic) bond motifs is 13. The molecule has 0 saturated carbocycles. The van der Waals surface area contributed by atoms with Gasteiger partial charge in [-0.05, 0) is 21.5 Å². The van der Waals surface area contributed by atoms with Crippen molar-refractivity contribution in [1.29, 1.82) is 0 Å². The van der Waals surface area contributed by atoms with Gasteiger partial charge in [0, 0.05) is 0 Å². The van der Waals surface area contributed by atoms with Gasteiger partial charge in [0.2, 0.25) is 0 Å². The first-order valence-corrected chi connectivity index (χ1v) is 11.7. The number of halogens is 5. The Morgan fingerprint density at radius 3 is 0.944 bits per heavy atom. The SMILES string of the molecule is ClCCl.[Cl-].[Cl-].[Cl-].[Ti+4].c1ccc2c(c1)c1ccccc1c1c2[cH-]c2c3ccccc3c3ccccc3c21. The zero-order chi connectivity index (χ0) is 21.7. The van der Waals surface area contributed by atoms with E-state index in [4.69, 9.17) is 23.2 Å². The van der Waals surface area contributed by atoms with Crippen LogP contribution in [0.5, 0.6) is 0 Å². The third-order valence-corrected chi connectivity index (χ3v) is 6.48. The van der Waals surface area contributed by atoms with Crippen LogP contribution in [-0.4, -0.2) is 5.34 Å². The summed E-state index contributed by atoms with van der Waals surface area (Å²) in [6.45, 7) is 0. The Bertz CT molecular complexity index is 1660. The maximum Gasteiger partial charge on any atom is 4.00 e. The molecule has 6 heteroatoms. The molecule has 7 aromatic carbocycles. The molecule has 0 aliphatic rings. The Morgan fingerprint density at radius 2 is 0.639 bits per heavy atom. The fraction of sp³-hybridized carbons (Fsp3) is 0.0333. The van der Waals surface area contributed by atoms with E-state index in [9.17, 15) is 0 Å². The molecule has 7 aromatic rings. The Kier molecular flexibility index (Phi) is 10.9. The van der Waals surface area contributed by atoms with E-state index < -0.39 is 0 Å². The largest absolute Gasteiger partial charge is 4.00 e. The quantitative estimate of drug-likeness (QED) is 0.104. The van der Waals surface area contributed by atoms with Gasteiger partial charge in [-0.25, -0.2) is 0 Å². The summed E-state index contributed by atoms with van der Waals surface area (Å²) in [6, 6.07) is 37.8. The van der Waals surface area contributed by atoms with Gasteiger partial charge >= 0.3 is 21.7 Å². The molecule has 0 unspecified atom stereocenters. The number of benzene rings is 6. The van der Waals surface area contributed by atoms with E-state index in [0.717, 1.165) is 0 Å². The van der Waals surface area contributed by atoms with Gasteiger partial charge in [0.1, 0.15) is 0 Å². The van der Waals surface area contributed by atoms with Crippen LogP contribution in [0, 0.1) is 0 Å². The molecule has 0 bridgehead atoms. The normalized spacial score (nSPS) is 10.3.